The molecular formula is C50H63N4NaO23S. The van der Waals surface area contributed by atoms with Crippen LogP contribution in [0.5, 0.6) is 5.75 Å². The van der Waals surface area contributed by atoms with E-state index in [2.05, 4.69) is 15.6 Å². The number of unbranched alkanes of at least 4 members (excludes halogenated alkanes) is 3. The molecule has 0 radical (unpaired) electrons. The Bertz CT molecular complexity index is 2790. The monoisotopic (exact) mass is 1140 g/mol. The molecule has 29 heteroatoms. The van der Waals surface area contributed by atoms with E-state index in [0.29, 0.717) is 60.0 Å². The number of anilines is 1. The van der Waals surface area contributed by atoms with Crippen molar-refractivity contribution in [2.75, 3.05) is 38.3 Å². The average Bonchev–Trinajstić information content (AvgIpc) is 3.58. The van der Waals surface area contributed by atoms with Gasteiger partial charge in [0.2, 0.25) is 0 Å². The van der Waals surface area contributed by atoms with Gasteiger partial charge < -0.3 is 116 Å². The molecule has 4 heterocycles. The fourth-order valence-electron chi connectivity index (χ4n) is 9.56. The number of phenolic OH excluding ortho intramolecular Hbond substituents is 1. The summed E-state index contributed by atoms with van der Waals surface area (Å²) in [6.45, 7) is -1.36. The Morgan fingerprint density at radius 2 is 1.57 bits per heavy atom. The third-order valence-electron chi connectivity index (χ3n) is 13.6. The van der Waals surface area contributed by atoms with E-state index in [1.807, 2.05) is 0 Å². The topological polar surface area (TPSA) is 448 Å². The minimum Gasteiger partial charge on any atom is -0.862 e. The van der Waals surface area contributed by atoms with E-state index >= 15 is 0 Å². The number of ether oxygens (including phenoxy) is 6. The second-order valence-corrected chi connectivity index (χ2v) is 19.4. The number of nitrogens with two attached hydrogens (primary N) is 1. The van der Waals surface area contributed by atoms with Gasteiger partial charge in [0.25, 0.3) is 5.79 Å². The van der Waals surface area contributed by atoms with Crippen LogP contribution in [0.1, 0.15) is 49.4 Å². The Balaban J connectivity index is 0.0000101. The molecule has 16 atom stereocenters. The summed E-state index contributed by atoms with van der Waals surface area (Å²) in [6.07, 6.45) is -23.0. The van der Waals surface area contributed by atoms with Crippen molar-refractivity contribution in [3.8, 4) is 28.2 Å². The number of aliphatic carboxylic acids is 1. The van der Waals surface area contributed by atoms with Crippen LogP contribution in [0.3, 0.4) is 0 Å². The van der Waals surface area contributed by atoms with Crippen molar-refractivity contribution in [3.05, 3.63) is 70.4 Å². The van der Waals surface area contributed by atoms with Crippen LogP contribution in [-0.2, 0) is 33.2 Å². The number of aromatic hydroxyl groups is 1. The number of aliphatic imine (C=N–C) groups is 1. The summed E-state index contributed by atoms with van der Waals surface area (Å²) in [5.74, 6) is -6.88. The number of carboxylic acids is 2. The van der Waals surface area contributed by atoms with Crippen molar-refractivity contribution >= 4 is 51.8 Å². The molecule has 0 unspecified atom stereocenters. The number of phenols is 1. The molecule has 428 valence electrons. The van der Waals surface area contributed by atoms with Gasteiger partial charge in [-0.05, 0) is 79.8 Å². The van der Waals surface area contributed by atoms with Crippen LogP contribution in [0.15, 0.2) is 68.8 Å². The number of nitrogens with zero attached hydrogens (tertiary/aromatic N) is 1. The van der Waals surface area contributed by atoms with Crippen LogP contribution in [0.4, 0.5) is 5.69 Å². The largest absolute Gasteiger partial charge is 1.00 e. The van der Waals surface area contributed by atoms with Gasteiger partial charge in [-0.2, -0.15) is 0 Å². The second-order valence-electron chi connectivity index (χ2n) is 19.0. The van der Waals surface area contributed by atoms with Gasteiger partial charge >= 0.3 is 41.5 Å². The number of benzene rings is 3. The molecule has 2 aromatic rings. The molecule has 0 spiro atoms. The van der Waals surface area contributed by atoms with Crippen molar-refractivity contribution in [2.45, 2.75) is 137 Å². The SMILES string of the molecule is CC([O-])=N[C@H]1[C@H](OCCCCCCNC(=S)Nc2ccc(-c3c4ccc(=O)cc-4oc4cc(O)ccc34)c(C(=O)O)c2)O[C@H](CO)[C@@H](O)[C@@H]1O[C@@H]1O[C@H](CO)[C@H](O)[C@H](O[C@]2(C(=O)O)C[C@H](O)[C@@H](N)[C@H]([C@H](O)[C@H](O)CO)O2)[C@H]1O.[Na+]. The first-order valence-electron chi connectivity index (χ1n) is 24.8. The number of hydrogen-bond donors (Lipinski definition) is 15. The summed E-state index contributed by atoms with van der Waals surface area (Å²) >= 11 is 5.49. The number of aromatic carboxylic acids is 1. The summed E-state index contributed by atoms with van der Waals surface area (Å²) in [6, 6.07) is 10.2. The Morgan fingerprint density at radius 1 is 0.899 bits per heavy atom. The van der Waals surface area contributed by atoms with Crippen LogP contribution in [-0.4, -0.2) is 215 Å². The first-order chi connectivity index (χ1) is 37.1. The Hall–Kier alpha value is -4.61. The maximum Gasteiger partial charge on any atom is 1.00 e. The summed E-state index contributed by atoms with van der Waals surface area (Å²) in [4.78, 5) is 41.7. The molecule has 4 aliphatic heterocycles. The van der Waals surface area contributed by atoms with Crippen LogP contribution in [0.2, 0.25) is 0 Å². The zero-order valence-electron chi connectivity index (χ0n) is 42.7. The van der Waals surface area contributed by atoms with Gasteiger partial charge in [-0.3, -0.25) is 9.79 Å². The molecule has 0 amide bonds. The van der Waals surface area contributed by atoms with E-state index in [9.17, 15) is 80.8 Å². The average molecular weight is 1140 g/mol. The fourth-order valence-corrected chi connectivity index (χ4v) is 9.78. The molecule has 0 bridgehead atoms. The molecule has 5 aliphatic rings. The number of aliphatic hydroxyl groups excluding tert-OH is 9. The number of aliphatic hydroxyl groups is 9. The fraction of sp³-hybridized carbons (Fsp3) is 0.540. The number of fused-ring (bicyclic) bond motifs is 2. The maximum atomic E-state index is 12.8. The molecule has 27 nitrogen and oxygen atoms in total. The van der Waals surface area contributed by atoms with E-state index in [-0.39, 0.29) is 69.4 Å². The van der Waals surface area contributed by atoms with Gasteiger partial charge in [-0.15, -0.1) is 0 Å². The minimum atomic E-state index is -3.02. The van der Waals surface area contributed by atoms with E-state index in [4.69, 9.17) is 50.8 Å². The molecule has 16 N–H and O–H groups in total. The predicted octanol–water partition coefficient (Wildman–Crippen LogP) is -5.76. The maximum absolute atomic E-state index is 12.8. The van der Waals surface area contributed by atoms with Crippen molar-refractivity contribution < 1.29 is 138 Å². The summed E-state index contributed by atoms with van der Waals surface area (Å²) in [7, 11) is 0. The number of carbonyl (C=O) groups is 2. The molecule has 7 rings (SSSR count). The van der Waals surface area contributed by atoms with E-state index in [1.165, 1.54) is 30.3 Å². The first-order valence-corrected chi connectivity index (χ1v) is 25.2. The Morgan fingerprint density at radius 3 is 2.23 bits per heavy atom. The van der Waals surface area contributed by atoms with Gasteiger partial charge in [0.05, 0.1) is 37.5 Å². The van der Waals surface area contributed by atoms with Gasteiger partial charge in [0.1, 0.15) is 84.2 Å². The summed E-state index contributed by atoms with van der Waals surface area (Å²) in [5, 5.41) is 146. The summed E-state index contributed by atoms with van der Waals surface area (Å²) < 4.78 is 40.6. The number of nitrogens with one attached hydrogen (secondary N) is 2. The number of hydrogen-bond acceptors (Lipinski definition) is 24. The van der Waals surface area contributed by atoms with E-state index in [0.717, 1.165) is 6.92 Å². The zero-order chi connectivity index (χ0) is 56.7. The summed E-state index contributed by atoms with van der Waals surface area (Å²) in [5.41, 5.74) is 7.46. The third kappa shape index (κ3) is 14.5. The number of carboxylic acid groups (broad SMARTS) is 2. The first kappa shape index (κ1) is 63.6. The van der Waals surface area contributed by atoms with Crippen molar-refractivity contribution in [1.82, 2.24) is 5.32 Å². The van der Waals surface area contributed by atoms with E-state index in [1.54, 1.807) is 24.3 Å². The van der Waals surface area contributed by atoms with Crippen LogP contribution in [0.25, 0.3) is 33.4 Å². The van der Waals surface area contributed by atoms with E-state index < -0.39 is 142 Å². The standard InChI is InChI=1S/C50H64N4O23S.Na/c1-21(58)53-37-43(75-47-41(66)44(40(65)34(20-57)74-47)77-50(48(69)70)17-29(61)36(51)42(76-50)38(63)30(62)18-55)39(64)33(19-56)73-46(37)71-13-5-3-2-4-12-52-49(78)54-22-6-9-25(28(14-22)45(67)68)35-26-10-7-23(59)15-31(26)72-32-16-24(60)8-11-27(32)35;/h6-11,14-16,29-30,33-34,36-44,46-47,55-57,59,61-66H,2-5,12-13,17-20,51H2,1H3,(H,53,58)(H,67,68)(H,69,70)(H2,52,54,78);/q;+1/p-1/t29-,30+,33+,34+,36+,37+,38+,39+,40-,41+,42+,43+,44-,46+,47-,50-;/m0./s1. The normalized spacial score (nSPS) is 30.1. The van der Waals surface area contributed by atoms with Crippen molar-refractivity contribution in [2.24, 2.45) is 10.7 Å². The third-order valence-corrected chi connectivity index (χ3v) is 13.8. The number of rotatable bonds is 22. The Labute approximate surface area is 477 Å². The Kier molecular flexibility index (Phi) is 22.5. The molecule has 0 saturated carbocycles. The molecule has 0 aromatic heterocycles. The van der Waals surface area contributed by atoms with Crippen LogP contribution < -0.4 is 56.5 Å². The van der Waals surface area contributed by atoms with Gasteiger partial charge in [-0.25, -0.2) is 9.59 Å². The second kappa shape index (κ2) is 27.9. The molecular weight excluding hydrogens is 1080 g/mol. The number of thiocarbonyl (C=S) groups is 1. The molecule has 1 aliphatic carbocycles. The quantitative estimate of drug-likeness (QED) is 0.00871. The molecule has 79 heavy (non-hydrogen) atoms. The smallest absolute Gasteiger partial charge is 0.862 e. The van der Waals surface area contributed by atoms with Crippen LogP contribution >= 0.6 is 12.2 Å². The zero-order valence-corrected chi connectivity index (χ0v) is 45.5. The van der Waals surface area contributed by atoms with Crippen molar-refractivity contribution in [3.63, 3.8) is 0 Å². The van der Waals surface area contributed by atoms with Gasteiger partial charge in [0, 0.05) is 53.9 Å². The minimum absolute atomic E-state index is 0. The molecule has 2 aromatic carbocycles. The molecule has 3 fully saturated rings. The van der Waals surface area contributed by atoms with Gasteiger partial charge in [-0.1, -0.05) is 18.9 Å². The van der Waals surface area contributed by atoms with Crippen molar-refractivity contribution in [1.29, 1.82) is 0 Å². The predicted molar refractivity (Wildman–Crippen MR) is 271 cm³/mol. The molecule has 3 saturated heterocycles. The van der Waals surface area contributed by atoms with Crippen LogP contribution in [0, 0.1) is 0 Å². The van der Waals surface area contributed by atoms with Gasteiger partial charge in [0.15, 0.2) is 23.1 Å².